The van der Waals surface area contributed by atoms with Crippen LogP contribution in [0.2, 0.25) is 0 Å². The first-order chi connectivity index (χ1) is 11.8. The summed E-state index contributed by atoms with van der Waals surface area (Å²) in [5.74, 6) is 1.07. The van der Waals surface area contributed by atoms with Crippen LogP contribution in [0.15, 0.2) is 47.7 Å². The van der Waals surface area contributed by atoms with Crippen molar-refractivity contribution in [2.24, 2.45) is 0 Å². The predicted octanol–water partition coefficient (Wildman–Crippen LogP) is 2.53. The summed E-state index contributed by atoms with van der Waals surface area (Å²) in [6, 6.07) is 7.76. The summed E-state index contributed by atoms with van der Waals surface area (Å²) < 4.78 is 0. The minimum absolute atomic E-state index is 0.151. The van der Waals surface area contributed by atoms with Gasteiger partial charge in [-0.15, -0.1) is 0 Å². The number of pyridine rings is 3. The van der Waals surface area contributed by atoms with Crippen LogP contribution in [0.1, 0.15) is 24.5 Å². The van der Waals surface area contributed by atoms with Crippen LogP contribution in [-0.2, 0) is 0 Å². The number of fused-ring (bicyclic) bond motifs is 1. The van der Waals surface area contributed by atoms with E-state index in [1.807, 2.05) is 24.4 Å². The van der Waals surface area contributed by atoms with E-state index in [9.17, 15) is 4.79 Å². The predicted molar refractivity (Wildman–Crippen MR) is 94.7 cm³/mol. The number of rotatable bonds is 3. The number of hydrogen-bond donors (Lipinski definition) is 3. The van der Waals surface area contributed by atoms with Crippen molar-refractivity contribution in [3.05, 3.63) is 58.9 Å². The van der Waals surface area contributed by atoms with E-state index in [0.717, 1.165) is 42.7 Å². The Kier molecular flexibility index (Phi) is 3.96. The molecule has 3 N–H and O–H groups in total. The van der Waals surface area contributed by atoms with Gasteiger partial charge in [-0.05, 0) is 55.6 Å². The molecule has 4 heterocycles. The Morgan fingerprint density at radius 2 is 1.96 bits per heavy atom. The van der Waals surface area contributed by atoms with Crippen LogP contribution in [0, 0.1) is 0 Å². The Morgan fingerprint density at radius 1 is 1.08 bits per heavy atom. The van der Waals surface area contributed by atoms with E-state index in [-0.39, 0.29) is 5.56 Å². The minimum Gasteiger partial charge on any atom is -0.338 e. The van der Waals surface area contributed by atoms with E-state index in [1.165, 1.54) is 0 Å². The first-order valence-corrected chi connectivity index (χ1v) is 8.21. The standard InChI is InChI=1S/C18H19N5O/c24-18-16-13(6-10-21-18)5-9-20-17(16)23-14-1-2-15(22-11-14)12-3-7-19-8-4-12/h1-2,5-6,9-12,19H,3-4,7-8H2,(H,20,23)(H,21,24). The van der Waals surface area contributed by atoms with Crippen molar-refractivity contribution in [1.29, 1.82) is 0 Å². The van der Waals surface area contributed by atoms with Gasteiger partial charge in [-0.25, -0.2) is 4.98 Å². The second-order valence-corrected chi connectivity index (χ2v) is 6.05. The fourth-order valence-electron chi connectivity index (χ4n) is 3.20. The molecule has 0 saturated carbocycles. The van der Waals surface area contributed by atoms with Crippen molar-refractivity contribution in [3.63, 3.8) is 0 Å². The molecule has 3 aromatic rings. The Bertz CT molecular complexity index is 892. The lowest BCUT2D eigenvalue weighted by Crippen LogP contribution is -2.27. The summed E-state index contributed by atoms with van der Waals surface area (Å²) in [4.78, 5) is 23.7. The van der Waals surface area contributed by atoms with E-state index in [2.05, 4.69) is 31.7 Å². The molecule has 0 spiro atoms. The van der Waals surface area contributed by atoms with Gasteiger partial charge in [-0.3, -0.25) is 9.78 Å². The number of nitrogens with zero attached hydrogens (tertiary/aromatic N) is 2. The highest BCUT2D eigenvalue weighted by atomic mass is 16.1. The quantitative estimate of drug-likeness (QED) is 0.690. The van der Waals surface area contributed by atoms with Crippen LogP contribution >= 0.6 is 0 Å². The third-order valence-corrected chi connectivity index (χ3v) is 4.49. The van der Waals surface area contributed by atoms with Gasteiger partial charge in [0.15, 0.2) is 0 Å². The second-order valence-electron chi connectivity index (χ2n) is 6.05. The number of H-pyrrole nitrogens is 1. The Morgan fingerprint density at radius 3 is 2.75 bits per heavy atom. The summed E-state index contributed by atoms with van der Waals surface area (Å²) in [6.45, 7) is 2.10. The maximum Gasteiger partial charge on any atom is 0.259 e. The molecule has 0 amide bonds. The van der Waals surface area contributed by atoms with Crippen molar-refractivity contribution in [2.75, 3.05) is 18.4 Å². The molecule has 0 aliphatic carbocycles. The number of nitrogens with one attached hydrogen (secondary N) is 3. The van der Waals surface area contributed by atoms with E-state index >= 15 is 0 Å². The summed E-state index contributed by atoms with van der Waals surface area (Å²) in [5.41, 5.74) is 1.81. The molecular weight excluding hydrogens is 302 g/mol. The third-order valence-electron chi connectivity index (χ3n) is 4.49. The zero-order valence-electron chi connectivity index (χ0n) is 13.2. The summed E-state index contributed by atoms with van der Waals surface area (Å²) >= 11 is 0. The van der Waals surface area contributed by atoms with E-state index < -0.39 is 0 Å². The molecule has 0 atom stereocenters. The van der Waals surface area contributed by atoms with Gasteiger partial charge in [0.1, 0.15) is 5.82 Å². The number of piperidine rings is 1. The molecule has 0 bridgehead atoms. The second kappa shape index (κ2) is 6.41. The fraction of sp³-hybridized carbons (Fsp3) is 0.278. The van der Waals surface area contributed by atoms with Gasteiger partial charge < -0.3 is 15.6 Å². The van der Waals surface area contributed by atoms with Gasteiger partial charge in [0, 0.05) is 24.0 Å². The molecule has 4 rings (SSSR count). The van der Waals surface area contributed by atoms with Crippen LogP contribution in [0.3, 0.4) is 0 Å². The van der Waals surface area contributed by atoms with Crippen LogP contribution in [0.4, 0.5) is 11.5 Å². The smallest absolute Gasteiger partial charge is 0.259 e. The van der Waals surface area contributed by atoms with E-state index in [0.29, 0.717) is 17.1 Å². The highest BCUT2D eigenvalue weighted by molar-refractivity contribution is 5.92. The molecule has 122 valence electrons. The maximum atomic E-state index is 12.1. The van der Waals surface area contributed by atoms with Gasteiger partial charge in [0.25, 0.3) is 5.56 Å². The molecule has 1 aliphatic heterocycles. The summed E-state index contributed by atoms with van der Waals surface area (Å²) in [5, 5.41) is 8.00. The van der Waals surface area contributed by atoms with Crippen LogP contribution < -0.4 is 16.2 Å². The Hall–Kier alpha value is -2.73. The third kappa shape index (κ3) is 2.88. The zero-order valence-corrected chi connectivity index (χ0v) is 13.2. The molecule has 1 aliphatic rings. The number of hydrogen-bond acceptors (Lipinski definition) is 5. The normalized spacial score (nSPS) is 15.5. The maximum absolute atomic E-state index is 12.1. The molecule has 0 unspecified atom stereocenters. The highest BCUT2D eigenvalue weighted by Gasteiger charge is 2.16. The number of anilines is 2. The lowest BCUT2D eigenvalue weighted by atomic mass is 9.94. The Labute approximate surface area is 139 Å². The van der Waals surface area contributed by atoms with Crippen LogP contribution in [-0.4, -0.2) is 28.0 Å². The number of aromatic nitrogens is 3. The zero-order chi connectivity index (χ0) is 16.4. The molecule has 24 heavy (non-hydrogen) atoms. The molecular formula is C18H19N5O. The van der Waals surface area contributed by atoms with Gasteiger partial charge in [0.2, 0.25) is 0 Å². The van der Waals surface area contributed by atoms with Crippen molar-refractivity contribution in [2.45, 2.75) is 18.8 Å². The molecule has 6 nitrogen and oxygen atoms in total. The van der Waals surface area contributed by atoms with Gasteiger partial charge in [-0.2, -0.15) is 0 Å². The van der Waals surface area contributed by atoms with Gasteiger partial charge in [-0.1, -0.05) is 0 Å². The van der Waals surface area contributed by atoms with Gasteiger partial charge in [0.05, 0.1) is 17.3 Å². The lowest BCUT2D eigenvalue weighted by Gasteiger charge is -2.22. The first kappa shape index (κ1) is 14.8. The molecule has 6 heteroatoms. The van der Waals surface area contributed by atoms with Crippen LogP contribution in [0.5, 0.6) is 0 Å². The summed E-state index contributed by atoms with van der Waals surface area (Å²) in [6.07, 6.45) is 7.40. The van der Waals surface area contributed by atoms with Crippen molar-refractivity contribution < 1.29 is 0 Å². The molecule has 1 fully saturated rings. The first-order valence-electron chi connectivity index (χ1n) is 8.21. The largest absolute Gasteiger partial charge is 0.338 e. The molecule has 3 aromatic heterocycles. The summed E-state index contributed by atoms with van der Waals surface area (Å²) in [7, 11) is 0. The number of aromatic amines is 1. The average molecular weight is 321 g/mol. The molecule has 0 radical (unpaired) electrons. The monoisotopic (exact) mass is 321 g/mol. The SMILES string of the molecule is O=c1[nH]ccc2ccnc(Nc3ccc(C4CCNCC4)nc3)c12. The average Bonchev–Trinajstić information content (AvgIpc) is 2.63. The molecule has 1 saturated heterocycles. The van der Waals surface area contributed by atoms with Crippen molar-refractivity contribution >= 4 is 22.3 Å². The van der Waals surface area contributed by atoms with Crippen molar-refractivity contribution in [3.8, 4) is 0 Å². The highest BCUT2D eigenvalue weighted by Crippen LogP contribution is 2.25. The van der Waals surface area contributed by atoms with E-state index in [1.54, 1.807) is 12.4 Å². The lowest BCUT2D eigenvalue weighted by molar-refractivity contribution is 0.453. The molecule has 0 aromatic carbocycles. The van der Waals surface area contributed by atoms with Crippen LogP contribution in [0.25, 0.3) is 10.8 Å². The topological polar surface area (TPSA) is 82.7 Å². The van der Waals surface area contributed by atoms with Crippen molar-refractivity contribution in [1.82, 2.24) is 20.3 Å². The Balaban J connectivity index is 1.61. The fourth-order valence-corrected chi connectivity index (χ4v) is 3.20. The van der Waals surface area contributed by atoms with E-state index in [4.69, 9.17) is 0 Å². The minimum atomic E-state index is -0.151. The van der Waals surface area contributed by atoms with Gasteiger partial charge >= 0.3 is 0 Å².